The minimum atomic E-state index is 0.942. The van der Waals surface area contributed by atoms with Crippen molar-refractivity contribution >= 4 is 10.8 Å². The molecule has 0 saturated heterocycles. The summed E-state index contributed by atoms with van der Waals surface area (Å²) in [4.78, 5) is 0. The van der Waals surface area contributed by atoms with Crippen molar-refractivity contribution < 1.29 is 4.74 Å². The lowest BCUT2D eigenvalue weighted by atomic mass is 10.1. The van der Waals surface area contributed by atoms with Crippen molar-refractivity contribution in [2.45, 2.75) is 27.2 Å². The van der Waals surface area contributed by atoms with Gasteiger partial charge >= 0.3 is 0 Å². The van der Waals surface area contributed by atoms with Gasteiger partial charge in [0.2, 0.25) is 0 Å². The maximum absolute atomic E-state index is 5.27. The Labute approximate surface area is 98.1 Å². The molecular formula is C15H20O. The smallest absolute Gasteiger partial charge is 0.126 e. The Balaban J connectivity index is 0.000000386. The number of hydrogen-bond donors (Lipinski definition) is 0. The normalized spacial score (nSPS) is 9.50. The van der Waals surface area contributed by atoms with Crippen LogP contribution in [0.15, 0.2) is 36.4 Å². The van der Waals surface area contributed by atoms with Crippen LogP contribution in [0.2, 0.25) is 0 Å². The van der Waals surface area contributed by atoms with Gasteiger partial charge in [0.25, 0.3) is 0 Å². The molecule has 0 bridgehead atoms. The Hall–Kier alpha value is -1.50. The highest BCUT2D eigenvalue weighted by molar-refractivity contribution is 5.88. The molecule has 0 N–H and O–H groups in total. The molecule has 2 aromatic rings. The lowest BCUT2D eigenvalue weighted by Crippen LogP contribution is -1.84. The topological polar surface area (TPSA) is 9.23 Å². The highest BCUT2D eigenvalue weighted by atomic mass is 16.5. The average molecular weight is 216 g/mol. The van der Waals surface area contributed by atoms with Gasteiger partial charge < -0.3 is 4.74 Å². The molecule has 0 saturated carbocycles. The number of ether oxygens (including phenoxy) is 1. The third kappa shape index (κ3) is 2.99. The van der Waals surface area contributed by atoms with Gasteiger partial charge in [0.1, 0.15) is 5.75 Å². The van der Waals surface area contributed by atoms with Crippen molar-refractivity contribution in [2.24, 2.45) is 0 Å². The van der Waals surface area contributed by atoms with Crippen LogP contribution in [0, 0.1) is 6.92 Å². The van der Waals surface area contributed by atoms with Crippen molar-refractivity contribution in [2.75, 3.05) is 7.11 Å². The molecule has 0 atom stereocenters. The fraction of sp³-hybridized carbons (Fsp3) is 0.333. The molecule has 0 heterocycles. The Kier molecular flexibility index (Phi) is 4.84. The molecule has 1 nitrogen and oxygen atoms in total. The number of aryl methyl sites for hydroxylation is 1. The maximum Gasteiger partial charge on any atom is 0.126 e. The van der Waals surface area contributed by atoms with Crippen molar-refractivity contribution in [3.63, 3.8) is 0 Å². The molecule has 0 aliphatic carbocycles. The monoisotopic (exact) mass is 216 g/mol. The van der Waals surface area contributed by atoms with Gasteiger partial charge in [0.05, 0.1) is 7.11 Å². The number of hydrogen-bond acceptors (Lipinski definition) is 1. The highest BCUT2D eigenvalue weighted by Crippen LogP contribution is 2.25. The lowest BCUT2D eigenvalue weighted by molar-refractivity contribution is 0.420. The predicted molar refractivity (Wildman–Crippen MR) is 71.2 cm³/mol. The molecule has 0 aromatic heterocycles. The molecule has 0 aliphatic heterocycles. The Bertz CT molecular complexity index is 446. The van der Waals surface area contributed by atoms with Gasteiger partial charge in [0, 0.05) is 5.39 Å². The molecule has 0 radical (unpaired) electrons. The van der Waals surface area contributed by atoms with Crippen molar-refractivity contribution in [1.82, 2.24) is 0 Å². The van der Waals surface area contributed by atoms with E-state index < -0.39 is 0 Å². The summed E-state index contributed by atoms with van der Waals surface area (Å²) in [6.45, 7) is 6.35. The summed E-state index contributed by atoms with van der Waals surface area (Å²) in [6.07, 6.45) is 1.25. The van der Waals surface area contributed by atoms with Crippen LogP contribution >= 0.6 is 0 Å². The molecule has 16 heavy (non-hydrogen) atoms. The molecule has 0 unspecified atom stereocenters. The number of methoxy groups -OCH3 is 1. The largest absolute Gasteiger partial charge is 0.496 e. The summed E-state index contributed by atoms with van der Waals surface area (Å²) in [5, 5.41) is 2.41. The van der Waals surface area contributed by atoms with E-state index in [4.69, 9.17) is 4.74 Å². The van der Waals surface area contributed by atoms with Crippen LogP contribution in [0.4, 0.5) is 0 Å². The molecule has 0 amide bonds. The first-order valence-electron chi connectivity index (χ1n) is 5.76. The standard InChI is InChI=1S/C12H12O.C3H8/c1-9-6-7-11-10(8-9)4-3-5-12(11)13-2;1-3-2/h3-8H,1-2H3;3H2,1-2H3. The third-order valence-corrected chi connectivity index (χ3v) is 2.22. The first-order chi connectivity index (χ1) is 7.72. The highest BCUT2D eigenvalue weighted by Gasteiger charge is 1.99. The second kappa shape index (κ2) is 6.16. The van der Waals surface area contributed by atoms with Gasteiger partial charge in [-0.3, -0.25) is 0 Å². The van der Waals surface area contributed by atoms with E-state index in [0.29, 0.717) is 0 Å². The van der Waals surface area contributed by atoms with Crippen LogP contribution in [-0.4, -0.2) is 7.11 Å². The second-order valence-corrected chi connectivity index (χ2v) is 3.89. The number of fused-ring (bicyclic) bond motifs is 1. The fourth-order valence-corrected chi connectivity index (χ4v) is 1.55. The zero-order valence-corrected chi connectivity index (χ0v) is 10.6. The minimum absolute atomic E-state index is 0.942. The van der Waals surface area contributed by atoms with Crippen molar-refractivity contribution in [1.29, 1.82) is 0 Å². The first-order valence-corrected chi connectivity index (χ1v) is 5.76. The Morgan fingerprint density at radius 1 is 1.06 bits per heavy atom. The minimum Gasteiger partial charge on any atom is -0.496 e. The molecule has 0 aliphatic rings. The second-order valence-electron chi connectivity index (χ2n) is 3.89. The van der Waals surface area contributed by atoms with E-state index in [1.807, 2.05) is 12.1 Å². The van der Waals surface area contributed by atoms with E-state index in [-0.39, 0.29) is 0 Å². The third-order valence-electron chi connectivity index (χ3n) is 2.22. The summed E-state index contributed by atoms with van der Waals surface area (Å²) in [5.41, 5.74) is 1.28. The summed E-state index contributed by atoms with van der Waals surface area (Å²) in [6, 6.07) is 12.5. The van der Waals surface area contributed by atoms with E-state index in [9.17, 15) is 0 Å². The molecule has 2 rings (SSSR count). The van der Waals surface area contributed by atoms with E-state index >= 15 is 0 Å². The quantitative estimate of drug-likeness (QED) is 0.678. The zero-order chi connectivity index (χ0) is 12.0. The fourth-order valence-electron chi connectivity index (χ4n) is 1.55. The first kappa shape index (κ1) is 12.6. The van der Waals surface area contributed by atoms with E-state index in [1.54, 1.807) is 7.11 Å². The summed E-state index contributed by atoms with van der Waals surface area (Å²) in [7, 11) is 1.70. The van der Waals surface area contributed by atoms with Crippen LogP contribution in [0.3, 0.4) is 0 Å². The molecule has 86 valence electrons. The summed E-state index contributed by atoms with van der Waals surface area (Å²) < 4.78 is 5.27. The van der Waals surface area contributed by atoms with E-state index in [0.717, 1.165) is 5.75 Å². The van der Waals surface area contributed by atoms with E-state index in [1.165, 1.54) is 22.8 Å². The molecule has 1 heteroatoms. The molecule has 2 aromatic carbocycles. The summed E-state index contributed by atoms with van der Waals surface area (Å²) in [5.74, 6) is 0.942. The Morgan fingerprint density at radius 2 is 1.75 bits per heavy atom. The number of rotatable bonds is 1. The van der Waals surface area contributed by atoms with Gasteiger partial charge in [-0.25, -0.2) is 0 Å². The van der Waals surface area contributed by atoms with Gasteiger partial charge in [-0.05, 0) is 18.4 Å². The average Bonchev–Trinajstić information content (AvgIpc) is 2.28. The summed E-state index contributed by atoms with van der Waals surface area (Å²) >= 11 is 0. The van der Waals surface area contributed by atoms with Crippen LogP contribution in [-0.2, 0) is 0 Å². The predicted octanol–water partition coefficient (Wildman–Crippen LogP) is 4.57. The van der Waals surface area contributed by atoms with Gasteiger partial charge in [-0.1, -0.05) is 56.2 Å². The van der Waals surface area contributed by atoms with Gasteiger partial charge in [-0.2, -0.15) is 0 Å². The zero-order valence-electron chi connectivity index (χ0n) is 10.6. The van der Waals surface area contributed by atoms with Crippen LogP contribution < -0.4 is 4.74 Å². The van der Waals surface area contributed by atoms with Crippen molar-refractivity contribution in [3.8, 4) is 5.75 Å². The number of benzene rings is 2. The van der Waals surface area contributed by atoms with Crippen LogP contribution in [0.25, 0.3) is 10.8 Å². The van der Waals surface area contributed by atoms with Gasteiger partial charge in [0.15, 0.2) is 0 Å². The SMILES string of the molecule is CCC.COc1cccc2cc(C)ccc12. The van der Waals surface area contributed by atoms with Crippen LogP contribution in [0.1, 0.15) is 25.8 Å². The van der Waals surface area contributed by atoms with Crippen LogP contribution in [0.5, 0.6) is 5.75 Å². The molecule has 0 spiro atoms. The van der Waals surface area contributed by atoms with Gasteiger partial charge in [-0.15, -0.1) is 0 Å². The van der Waals surface area contributed by atoms with Crippen molar-refractivity contribution in [3.05, 3.63) is 42.0 Å². The molecular weight excluding hydrogens is 196 g/mol. The molecule has 0 fully saturated rings. The maximum atomic E-state index is 5.27. The van der Waals surface area contributed by atoms with E-state index in [2.05, 4.69) is 45.0 Å². The Morgan fingerprint density at radius 3 is 2.38 bits per heavy atom. The lowest BCUT2D eigenvalue weighted by Gasteiger charge is -2.05.